The average Bonchev–Trinajstić information content (AvgIpc) is 2.76. The van der Waals surface area contributed by atoms with Gasteiger partial charge in [0.2, 0.25) is 11.7 Å². The van der Waals surface area contributed by atoms with Crippen LogP contribution in [0.25, 0.3) is 0 Å². The van der Waals surface area contributed by atoms with E-state index in [1.807, 2.05) is 13.0 Å². The van der Waals surface area contributed by atoms with Gasteiger partial charge in [0.1, 0.15) is 5.82 Å². The molecule has 0 spiro atoms. The summed E-state index contributed by atoms with van der Waals surface area (Å²) in [5.41, 5.74) is 1.41. The number of amides is 1. The van der Waals surface area contributed by atoms with Crippen LogP contribution in [0, 0.1) is 19.7 Å². The summed E-state index contributed by atoms with van der Waals surface area (Å²) in [4.78, 5) is 35.8. The summed E-state index contributed by atoms with van der Waals surface area (Å²) >= 11 is 0. The Morgan fingerprint density at radius 2 is 1.69 bits per heavy atom. The molecular weight excluding hydrogens is 475 g/mol. The van der Waals surface area contributed by atoms with E-state index in [9.17, 15) is 27.2 Å². The Kier molecular flexibility index (Phi) is 7.65. The van der Waals surface area contributed by atoms with Crippen molar-refractivity contribution in [1.82, 2.24) is 0 Å². The fourth-order valence-electron chi connectivity index (χ4n) is 3.25. The molecule has 10 heteroatoms. The maximum atomic E-state index is 14.2. The average molecular weight is 499 g/mol. The molecule has 0 radical (unpaired) electrons. The molecule has 0 saturated heterocycles. The first kappa shape index (κ1) is 25.6. The first-order chi connectivity index (χ1) is 16.5. The van der Waals surface area contributed by atoms with Crippen LogP contribution in [-0.4, -0.2) is 32.7 Å². The Hall–Kier alpha value is -4.05. The van der Waals surface area contributed by atoms with Crippen molar-refractivity contribution in [3.05, 3.63) is 88.7 Å². The van der Waals surface area contributed by atoms with Gasteiger partial charge in [0, 0.05) is 18.3 Å². The molecule has 0 atom stereocenters. The van der Waals surface area contributed by atoms with Crippen LogP contribution in [0.4, 0.5) is 15.8 Å². The molecule has 2 N–H and O–H groups in total. The van der Waals surface area contributed by atoms with E-state index in [0.717, 1.165) is 17.7 Å². The zero-order valence-corrected chi connectivity index (χ0v) is 20.0. The zero-order valence-electron chi connectivity index (χ0n) is 19.2. The summed E-state index contributed by atoms with van der Waals surface area (Å²) in [6.07, 6.45) is 0. The Bertz CT molecular complexity index is 1420. The first-order valence-corrected chi connectivity index (χ1v) is 11.9. The number of hydrogen-bond donors (Lipinski definition) is 2. The van der Waals surface area contributed by atoms with Crippen LogP contribution < -0.4 is 10.0 Å². The van der Waals surface area contributed by atoms with Crippen LogP contribution in [0.15, 0.2) is 65.6 Å². The Labute approximate surface area is 202 Å². The first-order valence-electron chi connectivity index (χ1n) is 10.4. The summed E-state index contributed by atoms with van der Waals surface area (Å²) in [5.74, 6) is -3.03. The van der Waals surface area contributed by atoms with Gasteiger partial charge in [-0.2, -0.15) is 0 Å². The molecule has 3 rings (SSSR count). The fraction of sp³-hybridized carbons (Fsp3) is 0.160. The molecule has 3 aromatic carbocycles. The molecule has 0 fully saturated rings. The maximum absolute atomic E-state index is 14.2. The second kappa shape index (κ2) is 10.5. The highest BCUT2D eigenvalue weighted by Crippen LogP contribution is 2.22. The van der Waals surface area contributed by atoms with Gasteiger partial charge >= 0.3 is 5.97 Å². The molecule has 35 heavy (non-hydrogen) atoms. The Balaban J connectivity index is 1.73. The third-order valence-corrected chi connectivity index (χ3v) is 6.43. The van der Waals surface area contributed by atoms with Crippen molar-refractivity contribution in [3.63, 3.8) is 0 Å². The third-order valence-electron chi connectivity index (χ3n) is 4.91. The van der Waals surface area contributed by atoms with Crippen molar-refractivity contribution in [2.45, 2.75) is 25.7 Å². The number of rotatable bonds is 8. The van der Waals surface area contributed by atoms with Crippen molar-refractivity contribution >= 4 is 39.1 Å². The number of hydrogen-bond acceptors (Lipinski definition) is 6. The van der Waals surface area contributed by atoms with Crippen molar-refractivity contribution in [2.24, 2.45) is 0 Å². The van der Waals surface area contributed by atoms with Crippen molar-refractivity contribution in [2.75, 3.05) is 16.6 Å². The van der Waals surface area contributed by atoms with Crippen molar-refractivity contribution in [3.8, 4) is 0 Å². The number of aryl methyl sites for hydroxylation is 2. The highest BCUT2D eigenvalue weighted by Gasteiger charge is 2.21. The predicted octanol–water partition coefficient (Wildman–Crippen LogP) is 4.24. The number of anilines is 2. The summed E-state index contributed by atoms with van der Waals surface area (Å²) in [7, 11) is -4.01. The van der Waals surface area contributed by atoms with Crippen molar-refractivity contribution in [1.29, 1.82) is 0 Å². The van der Waals surface area contributed by atoms with E-state index in [1.54, 1.807) is 25.1 Å². The lowest BCUT2D eigenvalue weighted by Crippen LogP contribution is -2.18. The number of ether oxygens (including phenoxy) is 1. The maximum Gasteiger partial charge on any atom is 0.338 e. The lowest BCUT2D eigenvalue weighted by molar-refractivity contribution is -0.114. The van der Waals surface area contributed by atoms with Crippen LogP contribution in [0.3, 0.4) is 0 Å². The number of esters is 1. The minimum Gasteiger partial charge on any atom is -0.454 e. The molecule has 0 aliphatic heterocycles. The molecular formula is C25H23FN2O6S. The molecule has 0 heterocycles. The number of halogens is 1. The van der Waals surface area contributed by atoms with Crippen molar-refractivity contribution < 1.29 is 31.9 Å². The molecule has 1 amide bonds. The van der Waals surface area contributed by atoms with E-state index in [0.29, 0.717) is 11.3 Å². The van der Waals surface area contributed by atoms with Crippen LogP contribution in [-0.2, 0) is 19.6 Å². The van der Waals surface area contributed by atoms with Gasteiger partial charge in [-0.25, -0.2) is 17.6 Å². The predicted molar refractivity (Wildman–Crippen MR) is 128 cm³/mol. The SMILES string of the molecule is CC(=O)Nc1ccc(C(=O)COC(=O)c2ccc(C)c(S(=O)(=O)Nc3cccc(C)c3)c2)c(F)c1. The van der Waals surface area contributed by atoms with E-state index in [-0.39, 0.29) is 21.7 Å². The van der Waals surface area contributed by atoms with E-state index in [1.165, 1.54) is 31.2 Å². The second-order valence-electron chi connectivity index (χ2n) is 7.83. The van der Waals surface area contributed by atoms with Crippen LogP contribution >= 0.6 is 0 Å². The topological polar surface area (TPSA) is 119 Å². The van der Waals surface area contributed by atoms with Gasteiger partial charge < -0.3 is 10.1 Å². The van der Waals surface area contributed by atoms with Gasteiger partial charge in [0.15, 0.2) is 6.61 Å². The second-order valence-corrected chi connectivity index (χ2v) is 9.48. The Morgan fingerprint density at radius 3 is 2.34 bits per heavy atom. The highest BCUT2D eigenvalue weighted by atomic mass is 32.2. The van der Waals surface area contributed by atoms with Gasteiger partial charge in [0.25, 0.3) is 10.0 Å². The van der Waals surface area contributed by atoms with Crippen LogP contribution in [0.1, 0.15) is 38.8 Å². The van der Waals surface area contributed by atoms with E-state index < -0.39 is 40.1 Å². The van der Waals surface area contributed by atoms with Crippen LogP contribution in [0.2, 0.25) is 0 Å². The van der Waals surface area contributed by atoms with Gasteiger partial charge in [-0.3, -0.25) is 14.3 Å². The molecule has 0 unspecified atom stereocenters. The van der Waals surface area contributed by atoms with Crippen LogP contribution in [0.5, 0.6) is 0 Å². The van der Waals surface area contributed by atoms with Gasteiger partial charge in [-0.15, -0.1) is 0 Å². The fourth-order valence-corrected chi connectivity index (χ4v) is 4.57. The summed E-state index contributed by atoms with van der Waals surface area (Å²) in [6, 6.07) is 14.3. The number of sulfonamides is 1. The number of carbonyl (C=O) groups is 3. The number of carbonyl (C=O) groups excluding carboxylic acids is 3. The molecule has 182 valence electrons. The minimum absolute atomic E-state index is 0.0884. The molecule has 3 aromatic rings. The molecule has 0 aliphatic carbocycles. The lowest BCUT2D eigenvalue weighted by Gasteiger charge is -2.12. The normalized spacial score (nSPS) is 11.0. The summed E-state index contributed by atoms with van der Waals surface area (Å²) < 4.78 is 47.5. The minimum atomic E-state index is -4.01. The van der Waals surface area contributed by atoms with Gasteiger partial charge in [-0.1, -0.05) is 18.2 Å². The monoisotopic (exact) mass is 498 g/mol. The largest absolute Gasteiger partial charge is 0.454 e. The highest BCUT2D eigenvalue weighted by molar-refractivity contribution is 7.92. The molecule has 0 aliphatic rings. The number of ketones is 1. The smallest absolute Gasteiger partial charge is 0.338 e. The molecule has 0 aromatic heterocycles. The third kappa shape index (κ3) is 6.51. The molecule has 8 nitrogen and oxygen atoms in total. The molecule has 0 saturated carbocycles. The molecule has 0 bridgehead atoms. The quantitative estimate of drug-likeness (QED) is 0.354. The standard InChI is InChI=1S/C25H23FN2O6S/c1-15-5-4-6-20(11-15)28-35(32,33)24-12-18(8-7-16(24)2)25(31)34-14-23(30)21-10-9-19(13-22(21)26)27-17(3)29/h4-13,28H,14H2,1-3H3,(H,27,29). The number of benzene rings is 3. The Morgan fingerprint density at radius 1 is 0.943 bits per heavy atom. The van der Waals surface area contributed by atoms with Gasteiger partial charge in [0.05, 0.1) is 16.0 Å². The number of nitrogens with one attached hydrogen (secondary N) is 2. The van der Waals surface area contributed by atoms with E-state index >= 15 is 0 Å². The zero-order chi connectivity index (χ0) is 25.8. The lowest BCUT2D eigenvalue weighted by atomic mass is 10.1. The summed E-state index contributed by atoms with van der Waals surface area (Å²) in [6.45, 7) is 3.91. The number of Topliss-reactive ketones (excluding diaryl/α,β-unsaturated/α-hetero) is 1. The summed E-state index contributed by atoms with van der Waals surface area (Å²) in [5, 5.41) is 2.39. The van der Waals surface area contributed by atoms with E-state index in [4.69, 9.17) is 4.74 Å². The van der Waals surface area contributed by atoms with Gasteiger partial charge in [-0.05, 0) is 67.4 Å². The van der Waals surface area contributed by atoms with E-state index in [2.05, 4.69) is 10.0 Å².